The van der Waals surface area contributed by atoms with Crippen LogP contribution in [-0.2, 0) is 0 Å². The van der Waals surface area contributed by atoms with E-state index < -0.39 is 0 Å². The van der Waals surface area contributed by atoms with E-state index in [9.17, 15) is 0 Å². The molecular formula is C15H21N3S2. The largest absolute Gasteiger partial charge is 0.353 e. The summed E-state index contributed by atoms with van der Waals surface area (Å²) in [5.74, 6) is 1.05. The number of hydrogen-bond donors (Lipinski definition) is 0. The molecule has 2 rings (SSSR count). The molecule has 1 aromatic carbocycles. The van der Waals surface area contributed by atoms with Crippen molar-refractivity contribution in [2.45, 2.75) is 33.6 Å². The van der Waals surface area contributed by atoms with E-state index in [0.29, 0.717) is 0 Å². The average molecular weight is 307 g/mol. The van der Waals surface area contributed by atoms with Crippen LogP contribution in [0.4, 0.5) is 11.5 Å². The summed E-state index contributed by atoms with van der Waals surface area (Å²) in [7, 11) is 3.18. The van der Waals surface area contributed by atoms with Gasteiger partial charge in [-0.2, -0.15) is 4.37 Å². The van der Waals surface area contributed by atoms with Crippen LogP contribution in [0.5, 0.6) is 0 Å². The minimum atomic E-state index is 1.00. The third-order valence-corrected chi connectivity index (χ3v) is 4.66. The maximum absolute atomic E-state index is 4.75. The van der Waals surface area contributed by atoms with Crippen LogP contribution in [0.1, 0.15) is 32.3 Å². The summed E-state index contributed by atoms with van der Waals surface area (Å²) in [6.07, 6.45) is 2.26. The molecule has 0 aliphatic heterocycles. The Hall–Kier alpha value is -1.20. The van der Waals surface area contributed by atoms with Crippen LogP contribution in [-0.4, -0.2) is 17.5 Å². The Balaban J connectivity index is 2.33. The lowest BCUT2D eigenvalue weighted by Gasteiger charge is -2.20. The van der Waals surface area contributed by atoms with Crippen molar-refractivity contribution in [1.82, 2.24) is 4.37 Å². The maximum atomic E-state index is 4.75. The predicted octanol–water partition coefficient (Wildman–Crippen LogP) is 4.37. The summed E-state index contributed by atoms with van der Waals surface area (Å²) in [6, 6.07) is 8.32. The first-order valence-corrected chi connectivity index (χ1v) is 9.17. The minimum absolute atomic E-state index is 1.00. The van der Waals surface area contributed by atoms with Gasteiger partial charge in [0, 0.05) is 23.6 Å². The van der Waals surface area contributed by atoms with Crippen molar-refractivity contribution in [3.8, 4) is 0 Å². The molecule has 0 saturated carbocycles. The number of hydrogen-bond acceptors (Lipinski definition) is 5. The van der Waals surface area contributed by atoms with Crippen molar-refractivity contribution in [2.75, 3.05) is 18.0 Å². The lowest BCUT2D eigenvalue weighted by Crippen LogP contribution is -2.28. The number of rotatable bonds is 6. The third-order valence-electron chi connectivity index (χ3n) is 2.98. The first kappa shape index (κ1) is 15.2. The highest BCUT2D eigenvalue weighted by atomic mass is 32.9. The molecule has 0 bridgehead atoms. The van der Waals surface area contributed by atoms with Crippen molar-refractivity contribution in [3.05, 3.63) is 34.5 Å². The summed E-state index contributed by atoms with van der Waals surface area (Å²) >= 11 is 0. The summed E-state index contributed by atoms with van der Waals surface area (Å²) in [6.45, 7) is 8.58. The monoisotopic (exact) mass is 307 g/mol. The van der Waals surface area contributed by atoms with E-state index in [1.165, 1.54) is 16.1 Å². The molecule has 0 unspecified atom stereocenters. The van der Waals surface area contributed by atoms with Gasteiger partial charge < -0.3 is 4.90 Å². The van der Waals surface area contributed by atoms with Gasteiger partial charge in [0.1, 0.15) is 0 Å². The molecule has 0 amide bonds. The zero-order valence-corrected chi connectivity index (χ0v) is 13.9. The van der Waals surface area contributed by atoms with Crippen LogP contribution in [0.2, 0.25) is 0 Å². The molecule has 0 saturated heterocycles. The van der Waals surface area contributed by atoms with Crippen molar-refractivity contribution in [1.29, 1.82) is 0 Å². The van der Waals surface area contributed by atoms with Gasteiger partial charge in [0.15, 0.2) is 10.5 Å². The molecule has 20 heavy (non-hydrogen) atoms. The van der Waals surface area contributed by atoms with E-state index in [0.717, 1.165) is 42.1 Å². The normalized spacial score (nSPS) is 11.8. The Morgan fingerprint density at radius 2 is 1.75 bits per heavy atom. The Labute approximate surface area is 128 Å². The number of aryl methyl sites for hydroxylation is 1. The Morgan fingerprint density at radius 1 is 1.10 bits per heavy atom. The van der Waals surface area contributed by atoms with E-state index in [2.05, 4.69) is 54.3 Å². The number of aromatic nitrogens is 1. The molecule has 0 atom stereocenters. The zero-order valence-electron chi connectivity index (χ0n) is 12.3. The second kappa shape index (κ2) is 7.55. The van der Waals surface area contributed by atoms with Gasteiger partial charge in [-0.25, -0.2) is 4.99 Å². The van der Waals surface area contributed by atoms with Crippen molar-refractivity contribution in [2.24, 2.45) is 4.99 Å². The summed E-state index contributed by atoms with van der Waals surface area (Å²) < 4.78 is 5.59. The SMILES string of the molecule is CCCN(CCC)c1nssc1=Nc1ccc(C)cc1. The topological polar surface area (TPSA) is 28.5 Å². The minimum Gasteiger partial charge on any atom is -0.353 e. The standard InChI is InChI=1S/C15H21N3S2/c1-4-10-18(11-5-2)14-15(19-20-17-14)16-13-8-6-12(3)7-9-13/h6-9H,4-5,10-11H2,1-3H3. The van der Waals surface area contributed by atoms with E-state index in [1.54, 1.807) is 10.3 Å². The molecule has 0 N–H and O–H groups in total. The quantitative estimate of drug-likeness (QED) is 0.741. The molecule has 1 heterocycles. The first-order chi connectivity index (χ1) is 9.74. The lowest BCUT2D eigenvalue weighted by molar-refractivity contribution is 0.735. The van der Waals surface area contributed by atoms with Gasteiger partial charge in [-0.15, -0.1) is 0 Å². The molecule has 2 aromatic rings. The van der Waals surface area contributed by atoms with Gasteiger partial charge in [-0.1, -0.05) is 31.5 Å². The molecule has 5 heteroatoms. The lowest BCUT2D eigenvalue weighted by atomic mass is 10.2. The highest BCUT2D eigenvalue weighted by molar-refractivity contribution is 7.66. The Morgan fingerprint density at radius 3 is 2.35 bits per heavy atom. The predicted molar refractivity (Wildman–Crippen MR) is 89.2 cm³/mol. The van der Waals surface area contributed by atoms with Crippen LogP contribution in [0.3, 0.4) is 0 Å². The van der Waals surface area contributed by atoms with Gasteiger partial charge in [-0.3, -0.25) is 0 Å². The van der Waals surface area contributed by atoms with Crippen molar-refractivity contribution >= 4 is 32.4 Å². The fourth-order valence-corrected chi connectivity index (χ4v) is 3.73. The van der Waals surface area contributed by atoms with Crippen LogP contribution < -0.4 is 9.57 Å². The van der Waals surface area contributed by atoms with E-state index >= 15 is 0 Å². The van der Waals surface area contributed by atoms with E-state index in [4.69, 9.17) is 4.99 Å². The van der Waals surface area contributed by atoms with Crippen molar-refractivity contribution < 1.29 is 0 Å². The molecule has 1 aromatic heterocycles. The van der Waals surface area contributed by atoms with Gasteiger partial charge in [0.25, 0.3) is 0 Å². The maximum Gasteiger partial charge on any atom is 0.179 e. The second-order valence-electron chi connectivity index (χ2n) is 4.81. The smallest absolute Gasteiger partial charge is 0.179 e. The number of anilines is 1. The highest BCUT2D eigenvalue weighted by Crippen LogP contribution is 2.16. The number of benzene rings is 1. The molecular weight excluding hydrogens is 286 g/mol. The molecule has 0 radical (unpaired) electrons. The molecule has 0 aliphatic carbocycles. The fraction of sp³-hybridized carbons (Fsp3) is 0.467. The van der Waals surface area contributed by atoms with E-state index in [-0.39, 0.29) is 0 Å². The van der Waals surface area contributed by atoms with Crippen LogP contribution >= 0.6 is 20.9 Å². The van der Waals surface area contributed by atoms with Gasteiger partial charge >= 0.3 is 0 Å². The molecule has 0 fully saturated rings. The molecule has 108 valence electrons. The van der Waals surface area contributed by atoms with Gasteiger partial charge in [-0.05, 0) is 42.2 Å². The molecule has 0 aliphatic rings. The summed E-state index contributed by atoms with van der Waals surface area (Å²) in [5.41, 5.74) is 2.26. The second-order valence-corrected chi connectivity index (χ2v) is 6.64. The van der Waals surface area contributed by atoms with Crippen molar-refractivity contribution in [3.63, 3.8) is 0 Å². The first-order valence-electron chi connectivity index (χ1n) is 7.07. The van der Waals surface area contributed by atoms with Gasteiger partial charge in [0.2, 0.25) is 0 Å². The Bertz CT molecular complexity index is 578. The summed E-state index contributed by atoms with van der Waals surface area (Å²) in [4.78, 5) is 7.10. The van der Waals surface area contributed by atoms with Gasteiger partial charge in [0.05, 0.1) is 5.69 Å². The highest BCUT2D eigenvalue weighted by Gasteiger charge is 2.10. The fourth-order valence-electron chi connectivity index (χ4n) is 2.03. The van der Waals surface area contributed by atoms with Crippen LogP contribution in [0.25, 0.3) is 0 Å². The molecule has 3 nitrogen and oxygen atoms in total. The average Bonchev–Trinajstić information content (AvgIpc) is 2.89. The van der Waals surface area contributed by atoms with E-state index in [1.807, 2.05) is 0 Å². The number of nitrogens with zero attached hydrogens (tertiary/aromatic N) is 3. The Kier molecular flexibility index (Phi) is 5.73. The third kappa shape index (κ3) is 3.90. The zero-order chi connectivity index (χ0) is 14.4. The molecule has 0 spiro atoms. The van der Waals surface area contributed by atoms with Crippen LogP contribution in [0.15, 0.2) is 29.3 Å². The summed E-state index contributed by atoms with van der Waals surface area (Å²) in [5, 5.41) is 0. The van der Waals surface area contributed by atoms with Crippen LogP contribution in [0, 0.1) is 6.92 Å².